The summed E-state index contributed by atoms with van der Waals surface area (Å²) in [6.45, 7) is 1.97. The van der Waals surface area contributed by atoms with Crippen molar-refractivity contribution in [1.29, 1.82) is 0 Å². The summed E-state index contributed by atoms with van der Waals surface area (Å²) in [7, 11) is 1.62. The van der Waals surface area contributed by atoms with Crippen LogP contribution < -0.4 is 16.2 Å². The number of nitrogens with two attached hydrogens (primary N) is 2. The van der Waals surface area contributed by atoms with E-state index in [4.69, 9.17) is 16.2 Å². The topological polar surface area (TPSA) is 78.3 Å². The summed E-state index contributed by atoms with van der Waals surface area (Å²) < 4.78 is 6.05. The van der Waals surface area contributed by atoms with Crippen molar-refractivity contribution in [3.05, 3.63) is 28.2 Å². The van der Waals surface area contributed by atoms with E-state index in [-0.39, 0.29) is 17.9 Å². The van der Waals surface area contributed by atoms with Crippen LogP contribution in [0.3, 0.4) is 0 Å². The minimum atomic E-state index is -0.288. The zero-order valence-electron chi connectivity index (χ0n) is 10.7. The molecule has 0 radical (unpaired) electrons. The Kier molecular flexibility index (Phi) is 5.62. The van der Waals surface area contributed by atoms with Crippen molar-refractivity contribution in [2.24, 2.45) is 17.4 Å². The molecule has 0 fully saturated rings. The largest absolute Gasteiger partial charge is 0.497 e. The number of hydrogen-bond donors (Lipinski definition) is 2. The van der Waals surface area contributed by atoms with Crippen LogP contribution in [0.2, 0.25) is 0 Å². The van der Waals surface area contributed by atoms with Gasteiger partial charge in [-0.3, -0.25) is 4.79 Å². The van der Waals surface area contributed by atoms with Crippen molar-refractivity contribution in [1.82, 2.24) is 0 Å². The fourth-order valence-corrected chi connectivity index (χ4v) is 2.57. The van der Waals surface area contributed by atoms with Crippen molar-refractivity contribution in [2.75, 3.05) is 7.11 Å². The lowest BCUT2D eigenvalue weighted by atomic mass is 9.94. The molecule has 4 nitrogen and oxygen atoms in total. The first-order valence-corrected chi connectivity index (χ1v) is 6.60. The van der Waals surface area contributed by atoms with E-state index in [1.807, 2.05) is 25.1 Å². The highest BCUT2D eigenvalue weighted by Crippen LogP contribution is 2.30. The van der Waals surface area contributed by atoms with E-state index < -0.39 is 0 Å². The average Bonchev–Trinajstić information content (AvgIpc) is 2.27. The van der Waals surface area contributed by atoms with Gasteiger partial charge in [-0.1, -0.05) is 28.9 Å². The van der Waals surface area contributed by atoms with Crippen molar-refractivity contribution >= 4 is 21.8 Å². The van der Waals surface area contributed by atoms with Gasteiger partial charge in [-0.25, -0.2) is 0 Å². The number of ether oxygens (including phenoxy) is 1. The van der Waals surface area contributed by atoms with Gasteiger partial charge in [0.25, 0.3) is 0 Å². The van der Waals surface area contributed by atoms with Gasteiger partial charge in [0.2, 0.25) is 5.91 Å². The summed E-state index contributed by atoms with van der Waals surface area (Å²) >= 11 is 3.48. The number of amides is 1. The van der Waals surface area contributed by atoms with Crippen LogP contribution in [0.1, 0.15) is 31.4 Å². The molecule has 100 valence electrons. The predicted molar refractivity (Wildman–Crippen MR) is 75.2 cm³/mol. The molecule has 0 aliphatic carbocycles. The van der Waals surface area contributed by atoms with Crippen molar-refractivity contribution in [3.63, 3.8) is 0 Å². The SMILES string of the molecule is COc1ccc(C(N)CC(C)CC(N)=O)c(Br)c1. The molecule has 1 amide bonds. The van der Waals surface area contributed by atoms with Crippen LogP contribution in [0.15, 0.2) is 22.7 Å². The number of benzene rings is 1. The second kappa shape index (κ2) is 6.75. The number of rotatable bonds is 6. The van der Waals surface area contributed by atoms with Gasteiger partial charge in [-0.15, -0.1) is 0 Å². The van der Waals surface area contributed by atoms with E-state index in [0.717, 1.165) is 15.8 Å². The lowest BCUT2D eigenvalue weighted by Crippen LogP contribution is -2.19. The van der Waals surface area contributed by atoms with Gasteiger partial charge in [0.05, 0.1) is 7.11 Å². The Balaban J connectivity index is 2.72. The summed E-state index contributed by atoms with van der Waals surface area (Å²) in [5.74, 6) is 0.665. The maximum atomic E-state index is 10.8. The molecule has 0 aliphatic heterocycles. The highest BCUT2D eigenvalue weighted by Gasteiger charge is 2.15. The van der Waals surface area contributed by atoms with E-state index >= 15 is 0 Å². The predicted octanol–water partition coefficient (Wildman–Crippen LogP) is 2.36. The normalized spacial score (nSPS) is 14.0. The maximum Gasteiger partial charge on any atom is 0.217 e. The van der Waals surface area contributed by atoms with Gasteiger partial charge >= 0.3 is 0 Å². The Hall–Kier alpha value is -1.07. The molecule has 18 heavy (non-hydrogen) atoms. The van der Waals surface area contributed by atoms with Crippen LogP contribution in [-0.4, -0.2) is 13.0 Å². The first-order chi connectivity index (χ1) is 8.43. The lowest BCUT2D eigenvalue weighted by molar-refractivity contribution is -0.118. The number of hydrogen-bond acceptors (Lipinski definition) is 3. The molecule has 0 bridgehead atoms. The standard InChI is InChI=1S/C13H19BrN2O2/c1-8(6-13(16)17)5-12(15)10-4-3-9(18-2)7-11(10)14/h3-4,7-8,12H,5-6,15H2,1-2H3,(H2,16,17). The van der Waals surface area contributed by atoms with E-state index in [1.165, 1.54) is 0 Å². The Bertz CT molecular complexity index is 423. The van der Waals surface area contributed by atoms with E-state index in [9.17, 15) is 4.79 Å². The fraction of sp³-hybridized carbons (Fsp3) is 0.462. The molecule has 0 aliphatic rings. The number of carbonyl (C=O) groups excluding carboxylic acids is 1. The molecule has 0 saturated heterocycles. The van der Waals surface area contributed by atoms with Crippen LogP contribution in [0, 0.1) is 5.92 Å². The summed E-state index contributed by atoms with van der Waals surface area (Å²) in [5.41, 5.74) is 12.3. The molecule has 2 atom stereocenters. The number of methoxy groups -OCH3 is 1. The van der Waals surface area contributed by atoms with Crippen LogP contribution in [0.25, 0.3) is 0 Å². The summed E-state index contributed by atoms with van der Waals surface area (Å²) in [4.78, 5) is 10.8. The molecule has 0 heterocycles. The second-order valence-corrected chi connectivity index (χ2v) is 5.36. The summed E-state index contributed by atoms with van der Waals surface area (Å²) in [6.07, 6.45) is 1.08. The summed E-state index contributed by atoms with van der Waals surface area (Å²) in [6, 6.07) is 5.57. The molecule has 2 unspecified atom stereocenters. The number of carbonyl (C=O) groups is 1. The maximum absolute atomic E-state index is 10.8. The number of primary amides is 1. The minimum absolute atomic E-state index is 0.125. The smallest absolute Gasteiger partial charge is 0.217 e. The van der Waals surface area contributed by atoms with Gasteiger partial charge in [0.1, 0.15) is 5.75 Å². The Morgan fingerprint density at radius 3 is 2.67 bits per heavy atom. The monoisotopic (exact) mass is 314 g/mol. The highest BCUT2D eigenvalue weighted by atomic mass is 79.9. The zero-order valence-corrected chi connectivity index (χ0v) is 12.2. The van der Waals surface area contributed by atoms with Gasteiger partial charge in [-0.2, -0.15) is 0 Å². The van der Waals surface area contributed by atoms with Gasteiger partial charge in [0.15, 0.2) is 0 Å². The van der Waals surface area contributed by atoms with Crippen LogP contribution in [-0.2, 0) is 4.79 Å². The van der Waals surface area contributed by atoms with Crippen LogP contribution in [0.5, 0.6) is 5.75 Å². The fourth-order valence-electron chi connectivity index (χ4n) is 1.92. The van der Waals surface area contributed by atoms with Gasteiger partial charge in [0, 0.05) is 16.9 Å². The molecule has 5 heteroatoms. The van der Waals surface area contributed by atoms with Crippen molar-refractivity contribution < 1.29 is 9.53 Å². The van der Waals surface area contributed by atoms with Crippen molar-refractivity contribution in [3.8, 4) is 5.75 Å². The Morgan fingerprint density at radius 1 is 1.50 bits per heavy atom. The molecule has 0 spiro atoms. The second-order valence-electron chi connectivity index (χ2n) is 4.51. The first kappa shape index (κ1) is 15.0. The first-order valence-electron chi connectivity index (χ1n) is 5.81. The number of halogens is 1. The molecule has 0 saturated carbocycles. The molecular weight excluding hydrogens is 296 g/mol. The third kappa shape index (κ3) is 4.31. The molecule has 1 aromatic rings. The molecule has 1 rings (SSSR count). The van der Waals surface area contributed by atoms with Crippen molar-refractivity contribution in [2.45, 2.75) is 25.8 Å². The lowest BCUT2D eigenvalue weighted by Gasteiger charge is -2.18. The molecule has 4 N–H and O–H groups in total. The third-order valence-corrected chi connectivity index (χ3v) is 3.50. The minimum Gasteiger partial charge on any atom is -0.497 e. The summed E-state index contributed by atoms with van der Waals surface area (Å²) in [5, 5.41) is 0. The quantitative estimate of drug-likeness (QED) is 0.846. The van der Waals surface area contributed by atoms with E-state index in [1.54, 1.807) is 7.11 Å². The average molecular weight is 315 g/mol. The molecular formula is C13H19BrN2O2. The van der Waals surface area contributed by atoms with Gasteiger partial charge < -0.3 is 16.2 Å². The molecule has 0 aromatic heterocycles. The van der Waals surface area contributed by atoms with E-state index in [2.05, 4.69) is 15.9 Å². The molecule has 1 aromatic carbocycles. The Morgan fingerprint density at radius 2 is 2.17 bits per heavy atom. The third-order valence-electron chi connectivity index (χ3n) is 2.81. The van der Waals surface area contributed by atoms with E-state index in [0.29, 0.717) is 12.8 Å². The Labute approximate surface area is 116 Å². The van der Waals surface area contributed by atoms with Crippen LogP contribution in [0.4, 0.5) is 0 Å². The van der Waals surface area contributed by atoms with Gasteiger partial charge in [-0.05, 0) is 30.0 Å². The highest BCUT2D eigenvalue weighted by molar-refractivity contribution is 9.10. The van der Waals surface area contributed by atoms with Crippen LogP contribution >= 0.6 is 15.9 Å². The zero-order chi connectivity index (χ0) is 13.7.